The molecule has 0 bridgehead atoms. The summed E-state index contributed by atoms with van der Waals surface area (Å²) in [4.78, 5) is 11.7. The van der Waals surface area contributed by atoms with E-state index in [9.17, 15) is 13.2 Å². The Morgan fingerprint density at radius 2 is 2.00 bits per heavy atom. The smallest absolute Gasteiger partial charge is 0.222 e. The molecule has 0 radical (unpaired) electrons. The van der Waals surface area contributed by atoms with Gasteiger partial charge in [0.05, 0.1) is 6.26 Å². The Morgan fingerprint density at radius 3 is 2.47 bits per heavy atom. The maximum atomic E-state index is 11.7. The van der Waals surface area contributed by atoms with E-state index in [2.05, 4.69) is 5.32 Å². The van der Waals surface area contributed by atoms with Gasteiger partial charge in [-0.05, 0) is 25.8 Å². The van der Waals surface area contributed by atoms with Gasteiger partial charge in [-0.25, -0.2) is 12.7 Å². The van der Waals surface area contributed by atoms with Crippen LogP contribution in [0, 0.1) is 5.92 Å². The van der Waals surface area contributed by atoms with Crippen LogP contribution in [0.3, 0.4) is 0 Å². The molecule has 0 spiro atoms. The van der Waals surface area contributed by atoms with E-state index >= 15 is 0 Å². The maximum absolute atomic E-state index is 11.7. The summed E-state index contributed by atoms with van der Waals surface area (Å²) >= 11 is 0. The van der Waals surface area contributed by atoms with Crippen LogP contribution < -0.4 is 11.1 Å². The molecule has 114 valence electrons. The highest BCUT2D eigenvalue weighted by Gasteiger charge is 2.14. The lowest BCUT2D eigenvalue weighted by molar-refractivity contribution is -0.124. The summed E-state index contributed by atoms with van der Waals surface area (Å²) in [5.74, 6) is -0.0309. The Morgan fingerprint density at radius 1 is 1.37 bits per heavy atom. The molecule has 0 aromatic heterocycles. The summed E-state index contributed by atoms with van der Waals surface area (Å²) in [5.41, 5.74) is 5.39. The second-order valence-electron chi connectivity index (χ2n) is 4.73. The van der Waals surface area contributed by atoms with Crippen LogP contribution in [0.1, 0.15) is 33.1 Å². The van der Waals surface area contributed by atoms with Gasteiger partial charge < -0.3 is 11.1 Å². The van der Waals surface area contributed by atoms with Crippen LogP contribution in [0.2, 0.25) is 0 Å². The minimum atomic E-state index is -3.14. The van der Waals surface area contributed by atoms with Crippen LogP contribution in [0.5, 0.6) is 0 Å². The van der Waals surface area contributed by atoms with Crippen LogP contribution >= 0.6 is 0 Å². The number of carbonyl (C=O) groups is 1. The Bertz CT molecular complexity index is 357. The van der Waals surface area contributed by atoms with Gasteiger partial charge in [0, 0.05) is 25.6 Å². The van der Waals surface area contributed by atoms with E-state index in [0.29, 0.717) is 32.6 Å². The number of rotatable bonds is 10. The first-order chi connectivity index (χ1) is 8.82. The molecule has 0 aromatic rings. The molecule has 0 aliphatic rings. The molecule has 0 heterocycles. The molecule has 0 rings (SSSR count). The SMILES string of the molecule is CCN(CCCNC(=O)C(C)CCCN)S(C)(=O)=O. The number of nitrogens with zero attached hydrogens (tertiary/aromatic N) is 1. The van der Waals surface area contributed by atoms with Gasteiger partial charge >= 0.3 is 0 Å². The van der Waals surface area contributed by atoms with Crippen molar-refractivity contribution in [3.8, 4) is 0 Å². The topological polar surface area (TPSA) is 92.5 Å². The van der Waals surface area contributed by atoms with Gasteiger partial charge in [0.2, 0.25) is 15.9 Å². The van der Waals surface area contributed by atoms with Crippen molar-refractivity contribution in [2.45, 2.75) is 33.1 Å². The highest BCUT2D eigenvalue weighted by Crippen LogP contribution is 2.04. The zero-order valence-electron chi connectivity index (χ0n) is 12.2. The van der Waals surface area contributed by atoms with E-state index in [-0.39, 0.29) is 11.8 Å². The average Bonchev–Trinajstić information content (AvgIpc) is 2.33. The first kappa shape index (κ1) is 18.3. The van der Waals surface area contributed by atoms with Gasteiger partial charge in [-0.2, -0.15) is 0 Å². The van der Waals surface area contributed by atoms with Gasteiger partial charge in [-0.15, -0.1) is 0 Å². The normalized spacial score (nSPS) is 13.5. The molecule has 1 unspecified atom stereocenters. The highest BCUT2D eigenvalue weighted by atomic mass is 32.2. The Labute approximate surface area is 116 Å². The summed E-state index contributed by atoms with van der Waals surface area (Å²) in [5, 5.41) is 2.82. The molecule has 6 nitrogen and oxygen atoms in total. The molecule has 0 aromatic carbocycles. The molecular formula is C12H27N3O3S. The van der Waals surface area contributed by atoms with Gasteiger partial charge in [0.1, 0.15) is 0 Å². The molecule has 19 heavy (non-hydrogen) atoms. The number of hydrogen-bond acceptors (Lipinski definition) is 4. The van der Waals surface area contributed by atoms with Gasteiger partial charge in [0.25, 0.3) is 0 Å². The fourth-order valence-corrected chi connectivity index (χ4v) is 2.68. The van der Waals surface area contributed by atoms with Crippen LogP contribution in [-0.4, -0.2) is 51.1 Å². The van der Waals surface area contributed by atoms with Crippen molar-refractivity contribution in [3.63, 3.8) is 0 Å². The predicted molar refractivity (Wildman–Crippen MR) is 77.2 cm³/mol. The van der Waals surface area contributed by atoms with Crippen LogP contribution in [0.15, 0.2) is 0 Å². The Kier molecular flexibility index (Phi) is 8.95. The van der Waals surface area contributed by atoms with Crippen molar-refractivity contribution < 1.29 is 13.2 Å². The minimum Gasteiger partial charge on any atom is -0.356 e. The van der Waals surface area contributed by atoms with Crippen molar-refractivity contribution in [2.24, 2.45) is 11.7 Å². The van der Waals surface area contributed by atoms with E-state index in [4.69, 9.17) is 5.73 Å². The van der Waals surface area contributed by atoms with E-state index in [1.807, 2.05) is 6.92 Å². The number of hydrogen-bond donors (Lipinski definition) is 2. The summed E-state index contributed by atoms with van der Waals surface area (Å²) in [7, 11) is -3.14. The molecule has 1 atom stereocenters. The fraction of sp³-hybridized carbons (Fsp3) is 0.917. The molecule has 0 saturated heterocycles. The van der Waals surface area contributed by atoms with Crippen molar-refractivity contribution in [3.05, 3.63) is 0 Å². The van der Waals surface area contributed by atoms with E-state index in [1.54, 1.807) is 6.92 Å². The lowest BCUT2D eigenvalue weighted by Gasteiger charge is -2.18. The molecule has 0 saturated carbocycles. The molecule has 0 aliphatic carbocycles. The summed E-state index contributed by atoms with van der Waals surface area (Å²) in [6.45, 7) is 5.66. The van der Waals surface area contributed by atoms with Crippen LogP contribution in [-0.2, 0) is 14.8 Å². The first-order valence-corrected chi connectivity index (χ1v) is 8.60. The molecule has 7 heteroatoms. The zero-order chi connectivity index (χ0) is 14.9. The number of sulfonamides is 1. The van der Waals surface area contributed by atoms with Gasteiger partial charge in [-0.1, -0.05) is 13.8 Å². The first-order valence-electron chi connectivity index (χ1n) is 6.75. The summed E-state index contributed by atoms with van der Waals surface area (Å²) < 4.78 is 24.1. The second-order valence-corrected chi connectivity index (χ2v) is 6.71. The quantitative estimate of drug-likeness (QED) is 0.561. The largest absolute Gasteiger partial charge is 0.356 e. The number of amides is 1. The van der Waals surface area contributed by atoms with Gasteiger partial charge in [0.15, 0.2) is 0 Å². The maximum Gasteiger partial charge on any atom is 0.222 e. The zero-order valence-corrected chi connectivity index (χ0v) is 13.0. The van der Waals surface area contributed by atoms with Crippen LogP contribution in [0.4, 0.5) is 0 Å². The van der Waals surface area contributed by atoms with Crippen molar-refractivity contribution in [1.29, 1.82) is 0 Å². The van der Waals surface area contributed by atoms with Crippen molar-refractivity contribution in [1.82, 2.24) is 9.62 Å². The van der Waals surface area contributed by atoms with E-state index in [0.717, 1.165) is 12.8 Å². The average molecular weight is 293 g/mol. The van der Waals surface area contributed by atoms with Gasteiger partial charge in [-0.3, -0.25) is 4.79 Å². The summed E-state index contributed by atoms with van der Waals surface area (Å²) in [6, 6.07) is 0. The third-order valence-corrected chi connectivity index (χ3v) is 4.37. The fourth-order valence-electron chi connectivity index (χ4n) is 1.75. The van der Waals surface area contributed by atoms with Crippen LogP contribution in [0.25, 0.3) is 0 Å². The molecule has 1 amide bonds. The highest BCUT2D eigenvalue weighted by molar-refractivity contribution is 7.88. The van der Waals surface area contributed by atoms with E-state index in [1.165, 1.54) is 10.6 Å². The summed E-state index contributed by atoms with van der Waals surface area (Å²) in [6.07, 6.45) is 3.44. The Balaban J connectivity index is 3.88. The standard InChI is InChI=1S/C12H27N3O3S/c1-4-15(19(3,17)18)10-6-9-14-12(16)11(2)7-5-8-13/h11H,4-10,13H2,1-3H3,(H,14,16). The number of carbonyl (C=O) groups excluding carboxylic acids is 1. The molecule has 0 aliphatic heterocycles. The number of nitrogens with two attached hydrogens (primary N) is 1. The monoisotopic (exact) mass is 293 g/mol. The second kappa shape index (κ2) is 9.28. The molecule has 3 N–H and O–H groups in total. The predicted octanol–water partition coefficient (Wildman–Crippen LogP) is 0.149. The van der Waals surface area contributed by atoms with Crippen molar-refractivity contribution >= 4 is 15.9 Å². The third-order valence-electron chi connectivity index (χ3n) is 2.99. The molecular weight excluding hydrogens is 266 g/mol. The number of nitrogens with one attached hydrogen (secondary N) is 1. The lowest BCUT2D eigenvalue weighted by Crippen LogP contribution is -2.35. The third kappa shape index (κ3) is 8.18. The Hall–Kier alpha value is -0.660. The lowest BCUT2D eigenvalue weighted by atomic mass is 10.1. The molecule has 0 fully saturated rings. The minimum absolute atomic E-state index is 0.0101. The van der Waals surface area contributed by atoms with Crippen molar-refractivity contribution in [2.75, 3.05) is 32.4 Å². The van der Waals surface area contributed by atoms with E-state index < -0.39 is 10.0 Å².